The number of nitrogens with zero attached hydrogens (tertiary/aromatic N) is 1. The van der Waals surface area contributed by atoms with Gasteiger partial charge in [-0.25, -0.2) is 0 Å². The fourth-order valence-electron chi connectivity index (χ4n) is 2.27. The molecule has 0 aliphatic carbocycles. The molecule has 110 valence electrons. The average Bonchev–Trinajstić information content (AvgIpc) is 2.41. The highest BCUT2D eigenvalue weighted by Gasteiger charge is 2.14. The minimum atomic E-state index is -0.155. The van der Waals surface area contributed by atoms with E-state index < -0.39 is 0 Å². The third-order valence-corrected chi connectivity index (χ3v) is 3.38. The molecule has 1 amide bonds. The molecule has 0 aliphatic heterocycles. The van der Waals surface area contributed by atoms with E-state index in [0.717, 1.165) is 16.9 Å². The Hall–Kier alpha value is -2.49. The van der Waals surface area contributed by atoms with Crippen LogP contribution in [0.4, 0.5) is 17.1 Å². The average molecular weight is 283 g/mol. The number of carbonyl (C=O) groups is 1. The highest BCUT2D eigenvalue weighted by atomic mass is 16.1. The summed E-state index contributed by atoms with van der Waals surface area (Å²) in [5.41, 5.74) is 10.8. The van der Waals surface area contributed by atoms with Gasteiger partial charge in [-0.1, -0.05) is 17.7 Å². The standard InChI is InChI=1S/C17H21N3O/c1-11-5-7-15(12(2)9-11)19-17(21)14-10-13(18)6-8-16(14)20(3)4/h5-10H,18H2,1-4H3,(H,19,21). The topological polar surface area (TPSA) is 58.4 Å². The lowest BCUT2D eigenvalue weighted by molar-refractivity contribution is 0.102. The number of carbonyl (C=O) groups excluding carboxylic acids is 1. The minimum absolute atomic E-state index is 0.155. The second kappa shape index (κ2) is 5.87. The summed E-state index contributed by atoms with van der Waals surface area (Å²) in [6, 6.07) is 11.3. The Morgan fingerprint density at radius 3 is 2.43 bits per heavy atom. The lowest BCUT2D eigenvalue weighted by atomic mass is 10.1. The van der Waals surface area contributed by atoms with E-state index in [1.54, 1.807) is 12.1 Å². The molecule has 0 fully saturated rings. The molecule has 0 atom stereocenters. The zero-order chi connectivity index (χ0) is 15.6. The molecule has 0 spiro atoms. The van der Waals surface area contributed by atoms with Gasteiger partial charge in [-0.3, -0.25) is 4.79 Å². The Morgan fingerprint density at radius 2 is 1.81 bits per heavy atom. The second-order valence-electron chi connectivity index (χ2n) is 5.44. The lowest BCUT2D eigenvalue weighted by Gasteiger charge is -2.18. The lowest BCUT2D eigenvalue weighted by Crippen LogP contribution is -2.19. The Morgan fingerprint density at radius 1 is 1.10 bits per heavy atom. The highest BCUT2D eigenvalue weighted by molar-refractivity contribution is 6.09. The largest absolute Gasteiger partial charge is 0.399 e. The first-order valence-corrected chi connectivity index (χ1v) is 6.84. The molecule has 0 unspecified atom stereocenters. The van der Waals surface area contributed by atoms with Crippen LogP contribution in [-0.2, 0) is 0 Å². The smallest absolute Gasteiger partial charge is 0.257 e. The van der Waals surface area contributed by atoms with Gasteiger partial charge in [0.25, 0.3) is 5.91 Å². The Labute approximate surface area is 125 Å². The van der Waals surface area contributed by atoms with E-state index >= 15 is 0 Å². The molecular formula is C17H21N3O. The summed E-state index contributed by atoms with van der Waals surface area (Å²) in [7, 11) is 3.80. The van der Waals surface area contributed by atoms with Crippen LogP contribution in [0.25, 0.3) is 0 Å². The molecule has 2 aromatic rings. The molecule has 0 radical (unpaired) electrons. The van der Waals surface area contributed by atoms with Gasteiger partial charge in [-0.05, 0) is 43.7 Å². The van der Waals surface area contributed by atoms with Gasteiger partial charge >= 0.3 is 0 Å². The van der Waals surface area contributed by atoms with Crippen molar-refractivity contribution in [1.82, 2.24) is 0 Å². The summed E-state index contributed by atoms with van der Waals surface area (Å²) in [6.45, 7) is 4.01. The summed E-state index contributed by atoms with van der Waals surface area (Å²) >= 11 is 0. The Bertz CT molecular complexity index is 678. The molecule has 2 rings (SSSR count). The van der Waals surface area contributed by atoms with Gasteiger partial charge in [0, 0.05) is 31.2 Å². The van der Waals surface area contributed by atoms with E-state index in [4.69, 9.17) is 5.73 Å². The quantitative estimate of drug-likeness (QED) is 0.850. The van der Waals surface area contributed by atoms with Crippen molar-refractivity contribution in [2.45, 2.75) is 13.8 Å². The van der Waals surface area contributed by atoms with Crippen molar-refractivity contribution in [2.75, 3.05) is 30.0 Å². The number of benzene rings is 2. The predicted octanol–water partition coefficient (Wildman–Crippen LogP) is 3.20. The molecule has 0 aliphatic rings. The number of aryl methyl sites for hydroxylation is 2. The summed E-state index contributed by atoms with van der Waals surface area (Å²) in [5.74, 6) is -0.155. The SMILES string of the molecule is Cc1ccc(NC(=O)c2cc(N)ccc2N(C)C)c(C)c1. The predicted molar refractivity (Wildman–Crippen MR) is 89.1 cm³/mol. The van der Waals surface area contributed by atoms with Crippen LogP contribution in [0.2, 0.25) is 0 Å². The number of nitrogen functional groups attached to an aromatic ring is 1. The molecule has 0 aromatic heterocycles. The van der Waals surface area contributed by atoms with Crippen LogP contribution in [-0.4, -0.2) is 20.0 Å². The first-order chi connectivity index (χ1) is 9.88. The number of anilines is 3. The molecule has 0 heterocycles. The van der Waals surface area contributed by atoms with Crippen molar-refractivity contribution < 1.29 is 4.79 Å². The van der Waals surface area contributed by atoms with E-state index in [2.05, 4.69) is 5.32 Å². The van der Waals surface area contributed by atoms with Crippen LogP contribution >= 0.6 is 0 Å². The van der Waals surface area contributed by atoms with E-state index in [1.807, 2.05) is 57.1 Å². The third kappa shape index (κ3) is 3.34. The van der Waals surface area contributed by atoms with Crippen LogP contribution in [0.1, 0.15) is 21.5 Å². The second-order valence-corrected chi connectivity index (χ2v) is 5.44. The Kier molecular flexibility index (Phi) is 4.17. The van der Waals surface area contributed by atoms with Gasteiger partial charge in [0.05, 0.1) is 5.56 Å². The zero-order valence-electron chi connectivity index (χ0n) is 12.9. The van der Waals surface area contributed by atoms with Gasteiger partial charge in [0.15, 0.2) is 0 Å². The van der Waals surface area contributed by atoms with Crippen LogP contribution in [0.3, 0.4) is 0 Å². The molecular weight excluding hydrogens is 262 g/mol. The number of nitrogens with two attached hydrogens (primary N) is 1. The van der Waals surface area contributed by atoms with Gasteiger partial charge in [-0.15, -0.1) is 0 Å². The van der Waals surface area contributed by atoms with Gasteiger partial charge in [0.2, 0.25) is 0 Å². The molecule has 3 N–H and O–H groups in total. The normalized spacial score (nSPS) is 10.3. The van der Waals surface area contributed by atoms with Crippen molar-refractivity contribution in [1.29, 1.82) is 0 Å². The molecule has 0 saturated carbocycles. The highest BCUT2D eigenvalue weighted by Crippen LogP contribution is 2.24. The van der Waals surface area contributed by atoms with Crippen molar-refractivity contribution >= 4 is 23.0 Å². The van der Waals surface area contributed by atoms with Gasteiger partial charge in [0.1, 0.15) is 0 Å². The van der Waals surface area contributed by atoms with Gasteiger partial charge < -0.3 is 16.0 Å². The fourth-order valence-corrected chi connectivity index (χ4v) is 2.27. The first-order valence-electron chi connectivity index (χ1n) is 6.84. The van der Waals surface area contributed by atoms with Crippen LogP contribution in [0.5, 0.6) is 0 Å². The van der Waals surface area contributed by atoms with Crippen LogP contribution < -0.4 is 16.0 Å². The monoisotopic (exact) mass is 283 g/mol. The summed E-state index contributed by atoms with van der Waals surface area (Å²) < 4.78 is 0. The summed E-state index contributed by atoms with van der Waals surface area (Å²) in [5, 5.41) is 2.96. The minimum Gasteiger partial charge on any atom is -0.399 e. The van der Waals surface area contributed by atoms with Crippen molar-refractivity contribution in [2.24, 2.45) is 0 Å². The third-order valence-electron chi connectivity index (χ3n) is 3.38. The van der Waals surface area contributed by atoms with E-state index in [0.29, 0.717) is 11.3 Å². The first kappa shape index (κ1) is 14.9. The fraction of sp³-hybridized carbons (Fsp3) is 0.235. The van der Waals surface area contributed by atoms with Crippen molar-refractivity contribution in [3.8, 4) is 0 Å². The number of hydrogen-bond donors (Lipinski definition) is 2. The number of nitrogens with one attached hydrogen (secondary N) is 1. The maximum atomic E-state index is 12.5. The maximum Gasteiger partial charge on any atom is 0.257 e. The summed E-state index contributed by atoms with van der Waals surface area (Å²) in [4.78, 5) is 14.4. The Balaban J connectivity index is 2.34. The number of hydrogen-bond acceptors (Lipinski definition) is 3. The maximum absolute atomic E-state index is 12.5. The van der Waals surface area contributed by atoms with E-state index in [-0.39, 0.29) is 5.91 Å². The molecule has 2 aromatic carbocycles. The van der Waals surface area contributed by atoms with Crippen molar-refractivity contribution in [3.63, 3.8) is 0 Å². The van der Waals surface area contributed by atoms with E-state index in [9.17, 15) is 4.79 Å². The van der Waals surface area contributed by atoms with Crippen LogP contribution in [0, 0.1) is 13.8 Å². The van der Waals surface area contributed by atoms with Crippen LogP contribution in [0.15, 0.2) is 36.4 Å². The number of amides is 1. The van der Waals surface area contributed by atoms with Crippen molar-refractivity contribution in [3.05, 3.63) is 53.1 Å². The van der Waals surface area contributed by atoms with Gasteiger partial charge in [-0.2, -0.15) is 0 Å². The van der Waals surface area contributed by atoms with E-state index in [1.165, 1.54) is 5.56 Å². The molecule has 21 heavy (non-hydrogen) atoms. The zero-order valence-corrected chi connectivity index (χ0v) is 12.9. The molecule has 4 heteroatoms. The molecule has 0 saturated heterocycles. The molecule has 0 bridgehead atoms. The number of rotatable bonds is 3. The summed E-state index contributed by atoms with van der Waals surface area (Å²) in [6.07, 6.45) is 0. The molecule has 4 nitrogen and oxygen atoms in total.